The Balaban J connectivity index is 2.81. The molecule has 0 aromatic heterocycles. The van der Waals surface area contributed by atoms with Crippen LogP contribution in [0.5, 0.6) is 5.75 Å². The molecule has 100 valence electrons. The van der Waals surface area contributed by atoms with Gasteiger partial charge in [-0.1, -0.05) is 38.4 Å². The first kappa shape index (κ1) is 15.1. The van der Waals surface area contributed by atoms with Crippen LogP contribution in [0.25, 0.3) is 0 Å². The monoisotopic (exact) mass is 247 g/mol. The number of benzene rings is 1. The van der Waals surface area contributed by atoms with Crippen molar-refractivity contribution >= 4 is 7.41 Å². The molecule has 0 spiro atoms. The van der Waals surface area contributed by atoms with E-state index in [4.69, 9.17) is 4.74 Å². The number of ether oxygens (including phenoxy) is 1. The second kappa shape index (κ2) is 7.47. The lowest BCUT2D eigenvalue weighted by molar-refractivity contribution is 0.391. The van der Waals surface area contributed by atoms with Gasteiger partial charge in [0.1, 0.15) is 5.75 Å². The number of hydrogen-bond acceptors (Lipinski definition) is 2. The van der Waals surface area contributed by atoms with Crippen LogP contribution in [-0.4, -0.2) is 33.4 Å². The number of nitrogens with zero attached hydrogens (tertiary/aromatic N) is 1. The van der Waals surface area contributed by atoms with Crippen LogP contribution in [0.15, 0.2) is 24.3 Å². The molecule has 1 rings (SSSR count). The molecule has 0 aliphatic rings. The molecule has 2 atom stereocenters. The zero-order valence-electron chi connectivity index (χ0n) is 12.4. The lowest BCUT2D eigenvalue weighted by atomic mass is 9.72. The largest absolute Gasteiger partial charge is 0.496 e. The van der Waals surface area contributed by atoms with Gasteiger partial charge in [0.2, 0.25) is 7.41 Å². The molecule has 0 heterocycles. The summed E-state index contributed by atoms with van der Waals surface area (Å²) in [5.41, 5.74) is 1.36. The molecule has 2 nitrogen and oxygen atoms in total. The first-order chi connectivity index (χ1) is 8.60. The molecule has 18 heavy (non-hydrogen) atoms. The van der Waals surface area contributed by atoms with Gasteiger partial charge < -0.3 is 9.55 Å². The molecular formula is C15H26BNO. The average molecular weight is 247 g/mol. The third kappa shape index (κ3) is 4.06. The Hall–Kier alpha value is -0.955. The summed E-state index contributed by atoms with van der Waals surface area (Å²) in [6.07, 6.45) is 2.39. The molecule has 0 fully saturated rings. The SMILES string of the molecule is CC[C@@H](c1ccccc1OC)[C@H](C)CBN(C)C. The van der Waals surface area contributed by atoms with Crippen molar-refractivity contribution < 1.29 is 4.74 Å². The van der Waals surface area contributed by atoms with E-state index in [9.17, 15) is 0 Å². The molecule has 0 bridgehead atoms. The summed E-state index contributed by atoms with van der Waals surface area (Å²) < 4.78 is 5.49. The van der Waals surface area contributed by atoms with E-state index < -0.39 is 0 Å². The highest BCUT2D eigenvalue weighted by molar-refractivity contribution is 6.31. The van der Waals surface area contributed by atoms with Gasteiger partial charge in [-0.05, 0) is 44.0 Å². The summed E-state index contributed by atoms with van der Waals surface area (Å²) in [5, 5.41) is 0. The second-order valence-corrected chi connectivity index (χ2v) is 5.33. The molecule has 0 aliphatic heterocycles. The van der Waals surface area contributed by atoms with Crippen molar-refractivity contribution in [2.45, 2.75) is 32.5 Å². The maximum atomic E-state index is 5.49. The van der Waals surface area contributed by atoms with Crippen LogP contribution >= 0.6 is 0 Å². The fourth-order valence-corrected chi connectivity index (χ4v) is 2.56. The zero-order chi connectivity index (χ0) is 13.5. The van der Waals surface area contributed by atoms with E-state index in [1.54, 1.807) is 7.11 Å². The predicted octanol–water partition coefficient (Wildman–Crippen LogP) is 3.16. The van der Waals surface area contributed by atoms with E-state index >= 15 is 0 Å². The van der Waals surface area contributed by atoms with E-state index in [0.29, 0.717) is 11.8 Å². The van der Waals surface area contributed by atoms with Crippen molar-refractivity contribution in [2.24, 2.45) is 5.92 Å². The van der Waals surface area contributed by atoms with Gasteiger partial charge in [-0.25, -0.2) is 0 Å². The maximum Gasteiger partial charge on any atom is 0.203 e. The van der Waals surface area contributed by atoms with Crippen molar-refractivity contribution in [1.29, 1.82) is 0 Å². The van der Waals surface area contributed by atoms with E-state index in [2.05, 4.69) is 51.0 Å². The first-order valence-corrected chi connectivity index (χ1v) is 6.87. The molecule has 1 aromatic rings. The molecule has 0 aliphatic carbocycles. The van der Waals surface area contributed by atoms with Crippen molar-refractivity contribution in [1.82, 2.24) is 4.81 Å². The topological polar surface area (TPSA) is 12.5 Å². The lowest BCUT2D eigenvalue weighted by Crippen LogP contribution is -2.21. The highest BCUT2D eigenvalue weighted by atomic mass is 16.5. The summed E-state index contributed by atoms with van der Waals surface area (Å²) in [4.78, 5) is 2.26. The Labute approximate surface area is 113 Å². The minimum Gasteiger partial charge on any atom is -0.496 e. The number of para-hydroxylation sites is 1. The molecular weight excluding hydrogens is 221 g/mol. The average Bonchev–Trinajstić information content (AvgIpc) is 2.37. The third-order valence-corrected chi connectivity index (χ3v) is 3.70. The fourth-order valence-electron chi connectivity index (χ4n) is 2.56. The smallest absolute Gasteiger partial charge is 0.203 e. The first-order valence-electron chi connectivity index (χ1n) is 6.87. The quantitative estimate of drug-likeness (QED) is 0.686. The summed E-state index contributed by atoms with van der Waals surface area (Å²) in [6.45, 7) is 4.62. The van der Waals surface area contributed by atoms with Gasteiger partial charge in [-0.15, -0.1) is 0 Å². The van der Waals surface area contributed by atoms with Crippen molar-refractivity contribution in [3.63, 3.8) is 0 Å². The highest BCUT2D eigenvalue weighted by Gasteiger charge is 2.20. The summed E-state index contributed by atoms with van der Waals surface area (Å²) in [5.74, 6) is 2.29. The van der Waals surface area contributed by atoms with E-state index in [-0.39, 0.29) is 0 Å². The van der Waals surface area contributed by atoms with Crippen LogP contribution in [0.1, 0.15) is 31.7 Å². The predicted molar refractivity (Wildman–Crippen MR) is 80.8 cm³/mol. The van der Waals surface area contributed by atoms with Gasteiger partial charge in [0.25, 0.3) is 0 Å². The highest BCUT2D eigenvalue weighted by Crippen LogP contribution is 2.35. The Kier molecular flexibility index (Phi) is 6.27. The fraction of sp³-hybridized carbons (Fsp3) is 0.600. The Morgan fingerprint density at radius 2 is 1.94 bits per heavy atom. The standard InChI is InChI=1S/C15H26BNO/c1-6-13(12(2)11-16-17(3)4)14-9-7-8-10-15(14)18-5/h7-10,12-13,16H,6,11H2,1-5H3/t12-,13-/m1/s1. The van der Waals surface area contributed by atoms with Crippen LogP contribution < -0.4 is 4.74 Å². The van der Waals surface area contributed by atoms with Crippen LogP contribution in [0.4, 0.5) is 0 Å². The van der Waals surface area contributed by atoms with Crippen molar-refractivity contribution in [3.8, 4) is 5.75 Å². The molecule has 0 unspecified atom stereocenters. The Morgan fingerprint density at radius 1 is 1.28 bits per heavy atom. The van der Waals surface area contributed by atoms with E-state index in [1.165, 1.54) is 11.9 Å². The van der Waals surface area contributed by atoms with Crippen molar-refractivity contribution in [3.05, 3.63) is 29.8 Å². The van der Waals surface area contributed by atoms with Gasteiger partial charge in [0.15, 0.2) is 0 Å². The van der Waals surface area contributed by atoms with Crippen LogP contribution in [-0.2, 0) is 0 Å². The Morgan fingerprint density at radius 3 is 2.50 bits per heavy atom. The zero-order valence-corrected chi connectivity index (χ0v) is 12.4. The number of methoxy groups -OCH3 is 1. The van der Waals surface area contributed by atoms with Gasteiger partial charge in [-0.3, -0.25) is 0 Å². The summed E-state index contributed by atoms with van der Waals surface area (Å²) >= 11 is 0. The molecule has 0 amide bonds. The van der Waals surface area contributed by atoms with E-state index in [0.717, 1.165) is 19.6 Å². The number of hydrogen-bond donors (Lipinski definition) is 0. The molecule has 0 N–H and O–H groups in total. The van der Waals surface area contributed by atoms with Gasteiger partial charge in [0, 0.05) is 0 Å². The maximum absolute atomic E-state index is 5.49. The molecule has 0 saturated carbocycles. The van der Waals surface area contributed by atoms with Gasteiger partial charge in [0.05, 0.1) is 7.11 Å². The Bertz CT molecular complexity index is 354. The van der Waals surface area contributed by atoms with Gasteiger partial charge >= 0.3 is 0 Å². The lowest BCUT2D eigenvalue weighted by Gasteiger charge is -2.25. The summed E-state index contributed by atoms with van der Waals surface area (Å²) in [6, 6.07) is 8.43. The van der Waals surface area contributed by atoms with Crippen molar-refractivity contribution in [2.75, 3.05) is 21.2 Å². The molecule has 0 radical (unpaired) electrons. The van der Waals surface area contributed by atoms with Crippen LogP contribution in [0.3, 0.4) is 0 Å². The molecule has 3 heteroatoms. The third-order valence-electron chi connectivity index (χ3n) is 3.70. The van der Waals surface area contributed by atoms with Gasteiger partial charge in [-0.2, -0.15) is 0 Å². The van der Waals surface area contributed by atoms with Crippen LogP contribution in [0, 0.1) is 5.92 Å². The van der Waals surface area contributed by atoms with Crippen LogP contribution in [0.2, 0.25) is 6.32 Å². The second-order valence-electron chi connectivity index (χ2n) is 5.33. The number of rotatable bonds is 7. The minimum absolute atomic E-state index is 0.584. The molecule has 0 saturated heterocycles. The minimum atomic E-state index is 0.584. The summed E-state index contributed by atoms with van der Waals surface area (Å²) in [7, 11) is 7.18. The molecule has 1 aromatic carbocycles. The van der Waals surface area contributed by atoms with E-state index in [1.807, 2.05) is 6.07 Å². The normalized spacial score (nSPS) is 14.3.